The molecule has 0 aromatic heterocycles. The van der Waals surface area contributed by atoms with Gasteiger partial charge in [0.05, 0.1) is 6.61 Å². The number of nitrogens with one attached hydrogen (secondary N) is 1. The number of rotatable bonds is 4. The smallest absolute Gasteiger partial charge is 0.250 e. The van der Waals surface area contributed by atoms with Crippen molar-refractivity contribution in [2.75, 3.05) is 32.8 Å². The zero-order valence-corrected chi connectivity index (χ0v) is 12.0. The van der Waals surface area contributed by atoms with E-state index in [4.69, 9.17) is 10.5 Å². The van der Waals surface area contributed by atoms with E-state index in [2.05, 4.69) is 17.1 Å². The number of carbonyl (C=O) groups is 1. The highest BCUT2D eigenvalue weighted by atomic mass is 35.5. The second-order valence-corrected chi connectivity index (χ2v) is 3.90. The summed E-state index contributed by atoms with van der Waals surface area (Å²) in [6, 6.07) is 0.0121. The third kappa shape index (κ3) is 6.43. The summed E-state index contributed by atoms with van der Waals surface area (Å²) in [5, 5.41) is 2.83. The maximum Gasteiger partial charge on any atom is 0.250 e. The molecule has 5 nitrogen and oxygen atoms in total. The highest BCUT2D eigenvalue weighted by Gasteiger charge is 2.26. The Morgan fingerprint density at radius 2 is 2.24 bits per heavy atom. The lowest BCUT2D eigenvalue weighted by atomic mass is 10.2. The predicted octanol–water partition coefficient (Wildman–Crippen LogP) is 0.0141. The molecule has 2 atom stereocenters. The molecule has 0 spiro atoms. The van der Waals surface area contributed by atoms with Gasteiger partial charge in [-0.15, -0.1) is 24.8 Å². The monoisotopic (exact) mass is 287 g/mol. The molecule has 1 fully saturated rings. The van der Waals surface area contributed by atoms with E-state index >= 15 is 0 Å². The van der Waals surface area contributed by atoms with E-state index in [0.717, 1.165) is 13.1 Å². The average molecular weight is 288 g/mol. The fourth-order valence-corrected chi connectivity index (χ4v) is 1.54. The van der Waals surface area contributed by atoms with Crippen LogP contribution in [-0.2, 0) is 9.53 Å². The summed E-state index contributed by atoms with van der Waals surface area (Å²) in [4.78, 5) is 13.9. The van der Waals surface area contributed by atoms with Crippen LogP contribution >= 0.6 is 24.8 Å². The van der Waals surface area contributed by atoms with Crippen molar-refractivity contribution in [3.05, 3.63) is 0 Å². The number of nitrogens with two attached hydrogens (primary N) is 1. The molecule has 0 aromatic rings. The zero-order chi connectivity index (χ0) is 11.3. The molecule has 0 aliphatic carbocycles. The third-order valence-electron chi connectivity index (χ3n) is 2.63. The number of carbonyl (C=O) groups excluding carboxylic acids is 1. The minimum absolute atomic E-state index is 0. The Kier molecular flexibility index (Phi) is 11.2. The third-order valence-corrected chi connectivity index (χ3v) is 2.63. The molecule has 1 amide bonds. The number of amides is 1. The van der Waals surface area contributed by atoms with E-state index in [1.54, 1.807) is 0 Å². The van der Waals surface area contributed by atoms with E-state index in [-0.39, 0.29) is 42.9 Å². The van der Waals surface area contributed by atoms with Gasteiger partial charge in [-0.25, -0.2) is 0 Å². The summed E-state index contributed by atoms with van der Waals surface area (Å²) in [5.41, 5.74) is 5.44. The van der Waals surface area contributed by atoms with Crippen LogP contribution in [0.4, 0.5) is 0 Å². The summed E-state index contributed by atoms with van der Waals surface area (Å²) in [6.45, 7) is 7.60. The number of likely N-dealkylation sites (N-methyl/N-ethyl adjacent to an activating group) is 1. The van der Waals surface area contributed by atoms with Crippen LogP contribution < -0.4 is 11.1 Å². The molecule has 0 saturated carbocycles. The Labute approximate surface area is 115 Å². The lowest BCUT2D eigenvalue weighted by Crippen LogP contribution is -2.52. The maximum absolute atomic E-state index is 11.7. The summed E-state index contributed by atoms with van der Waals surface area (Å²) in [6.07, 6.45) is -0.340. The van der Waals surface area contributed by atoms with Crippen molar-refractivity contribution >= 4 is 30.7 Å². The van der Waals surface area contributed by atoms with Gasteiger partial charge in [0.25, 0.3) is 5.91 Å². The SMILES string of the molecule is CCN1CCOC(C(=O)N[C@@H](C)CN)C1.Cl.Cl. The average Bonchev–Trinajstić information content (AvgIpc) is 2.28. The Morgan fingerprint density at radius 1 is 1.59 bits per heavy atom. The lowest BCUT2D eigenvalue weighted by molar-refractivity contribution is -0.138. The highest BCUT2D eigenvalue weighted by Crippen LogP contribution is 2.04. The van der Waals surface area contributed by atoms with E-state index < -0.39 is 0 Å². The van der Waals surface area contributed by atoms with Crippen molar-refractivity contribution in [1.82, 2.24) is 10.2 Å². The Morgan fingerprint density at radius 3 is 2.76 bits per heavy atom. The van der Waals surface area contributed by atoms with Gasteiger partial charge in [0.1, 0.15) is 6.10 Å². The molecular weight excluding hydrogens is 265 g/mol. The fourth-order valence-electron chi connectivity index (χ4n) is 1.54. The number of hydrogen-bond acceptors (Lipinski definition) is 4. The van der Waals surface area contributed by atoms with Gasteiger partial charge in [-0.3, -0.25) is 9.69 Å². The van der Waals surface area contributed by atoms with Crippen LogP contribution in [0.5, 0.6) is 0 Å². The van der Waals surface area contributed by atoms with Crippen molar-refractivity contribution in [1.29, 1.82) is 0 Å². The van der Waals surface area contributed by atoms with Crippen LogP contribution in [-0.4, -0.2) is 55.7 Å². The number of ether oxygens (including phenoxy) is 1. The van der Waals surface area contributed by atoms with Crippen molar-refractivity contribution in [3.63, 3.8) is 0 Å². The normalized spacial score (nSPS) is 21.9. The summed E-state index contributed by atoms with van der Waals surface area (Å²) in [5.74, 6) is -0.0499. The van der Waals surface area contributed by atoms with Crippen LogP contribution in [0.25, 0.3) is 0 Å². The molecule has 0 bridgehead atoms. The quantitative estimate of drug-likeness (QED) is 0.765. The highest BCUT2D eigenvalue weighted by molar-refractivity contribution is 5.85. The first-order valence-corrected chi connectivity index (χ1v) is 5.51. The molecule has 104 valence electrons. The Bertz CT molecular complexity index is 220. The van der Waals surface area contributed by atoms with Crippen LogP contribution in [0.2, 0.25) is 0 Å². The van der Waals surface area contributed by atoms with Crippen LogP contribution in [0.3, 0.4) is 0 Å². The van der Waals surface area contributed by atoms with E-state index in [1.165, 1.54) is 0 Å². The number of nitrogens with zero attached hydrogens (tertiary/aromatic N) is 1. The van der Waals surface area contributed by atoms with Gasteiger partial charge in [0.15, 0.2) is 0 Å². The minimum Gasteiger partial charge on any atom is -0.366 e. The summed E-state index contributed by atoms with van der Waals surface area (Å²) in [7, 11) is 0. The number of halogens is 2. The van der Waals surface area contributed by atoms with Crippen LogP contribution in [0.1, 0.15) is 13.8 Å². The zero-order valence-electron chi connectivity index (χ0n) is 10.3. The first-order chi connectivity index (χ1) is 7.17. The van der Waals surface area contributed by atoms with E-state index in [9.17, 15) is 4.79 Å². The molecule has 1 heterocycles. The fraction of sp³-hybridized carbons (Fsp3) is 0.900. The molecule has 1 saturated heterocycles. The minimum atomic E-state index is -0.340. The van der Waals surface area contributed by atoms with Crippen molar-refractivity contribution < 1.29 is 9.53 Å². The van der Waals surface area contributed by atoms with Gasteiger partial charge in [-0.05, 0) is 13.5 Å². The molecule has 1 rings (SSSR count). The summed E-state index contributed by atoms with van der Waals surface area (Å²) >= 11 is 0. The molecule has 17 heavy (non-hydrogen) atoms. The van der Waals surface area contributed by atoms with Gasteiger partial charge in [-0.1, -0.05) is 6.92 Å². The van der Waals surface area contributed by atoms with E-state index in [0.29, 0.717) is 19.7 Å². The Hall–Kier alpha value is -0.0700. The molecule has 1 aliphatic heterocycles. The first kappa shape index (κ1) is 19.3. The van der Waals surface area contributed by atoms with Gasteiger partial charge in [0.2, 0.25) is 0 Å². The standard InChI is InChI=1S/C10H21N3O2.2ClH/c1-3-13-4-5-15-9(7-13)10(14)12-8(2)6-11;;/h8-9H,3-7,11H2,1-2H3,(H,12,14);2*1H/t8-,9?;;/m0../s1. The molecule has 3 N–H and O–H groups in total. The second kappa shape index (κ2) is 9.91. The number of hydrogen-bond donors (Lipinski definition) is 2. The Balaban J connectivity index is 0. The predicted molar refractivity (Wildman–Crippen MR) is 73.0 cm³/mol. The lowest BCUT2D eigenvalue weighted by Gasteiger charge is -2.31. The number of morpholine rings is 1. The van der Waals surface area contributed by atoms with Crippen molar-refractivity contribution in [2.24, 2.45) is 5.73 Å². The molecule has 7 heteroatoms. The van der Waals surface area contributed by atoms with Gasteiger partial charge in [-0.2, -0.15) is 0 Å². The van der Waals surface area contributed by atoms with Crippen molar-refractivity contribution in [3.8, 4) is 0 Å². The molecular formula is C10H23Cl2N3O2. The topological polar surface area (TPSA) is 67.6 Å². The van der Waals surface area contributed by atoms with Crippen LogP contribution in [0, 0.1) is 0 Å². The largest absolute Gasteiger partial charge is 0.366 e. The molecule has 0 radical (unpaired) electrons. The first-order valence-electron chi connectivity index (χ1n) is 5.51. The molecule has 0 aromatic carbocycles. The van der Waals surface area contributed by atoms with E-state index in [1.807, 2.05) is 6.92 Å². The molecule has 1 aliphatic rings. The van der Waals surface area contributed by atoms with Crippen molar-refractivity contribution in [2.45, 2.75) is 26.0 Å². The summed E-state index contributed by atoms with van der Waals surface area (Å²) < 4.78 is 5.42. The van der Waals surface area contributed by atoms with Crippen LogP contribution in [0.15, 0.2) is 0 Å². The van der Waals surface area contributed by atoms with Gasteiger partial charge >= 0.3 is 0 Å². The van der Waals surface area contributed by atoms with Gasteiger partial charge in [0, 0.05) is 25.7 Å². The molecule has 1 unspecified atom stereocenters. The van der Waals surface area contributed by atoms with Gasteiger partial charge < -0.3 is 15.8 Å². The second-order valence-electron chi connectivity index (χ2n) is 3.90. The maximum atomic E-state index is 11.7.